The van der Waals surface area contributed by atoms with E-state index in [0.717, 1.165) is 5.56 Å². The molecular formula is C23H19N3O5. The molecule has 0 saturated carbocycles. The molecule has 0 saturated heterocycles. The van der Waals surface area contributed by atoms with E-state index in [0.29, 0.717) is 29.4 Å². The number of anilines is 1. The number of nitriles is 1. The van der Waals surface area contributed by atoms with E-state index in [-0.39, 0.29) is 17.0 Å². The van der Waals surface area contributed by atoms with E-state index in [2.05, 4.69) is 5.32 Å². The Balaban J connectivity index is 1.80. The van der Waals surface area contributed by atoms with Gasteiger partial charge >= 0.3 is 0 Å². The van der Waals surface area contributed by atoms with E-state index in [4.69, 9.17) is 9.15 Å². The lowest BCUT2D eigenvalue weighted by atomic mass is 10.1. The van der Waals surface area contributed by atoms with Gasteiger partial charge in [-0.05, 0) is 55.8 Å². The zero-order chi connectivity index (χ0) is 22.4. The van der Waals surface area contributed by atoms with Crippen LogP contribution in [0.2, 0.25) is 0 Å². The fraction of sp³-hybridized carbons (Fsp3) is 0.130. The number of nitrogens with one attached hydrogen (secondary N) is 1. The molecule has 156 valence electrons. The van der Waals surface area contributed by atoms with Crippen molar-refractivity contribution in [2.75, 3.05) is 11.9 Å². The predicted octanol–water partition coefficient (Wildman–Crippen LogP) is 5.11. The van der Waals surface area contributed by atoms with Gasteiger partial charge in [0.1, 0.15) is 28.9 Å². The Kier molecular flexibility index (Phi) is 6.48. The van der Waals surface area contributed by atoms with Crippen molar-refractivity contribution in [2.24, 2.45) is 0 Å². The summed E-state index contributed by atoms with van der Waals surface area (Å²) < 4.78 is 11.1. The second-order valence-corrected chi connectivity index (χ2v) is 6.54. The molecule has 3 rings (SSSR count). The highest BCUT2D eigenvalue weighted by Gasteiger charge is 2.15. The molecule has 31 heavy (non-hydrogen) atoms. The third-order valence-electron chi connectivity index (χ3n) is 4.40. The molecule has 0 fully saturated rings. The number of benzene rings is 2. The van der Waals surface area contributed by atoms with Crippen molar-refractivity contribution in [1.82, 2.24) is 0 Å². The van der Waals surface area contributed by atoms with Crippen molar-refractivity contribution in [1.29, 1.82) is 5.26 Å². The van der Waals surface area contributed by atoms with Crippen molar-refractivity contribution in [2.45, 2.75) is 13.8 Å². The molecule has 1 N–H and O–H groups in total. The molecule has 0 atom stereocenters. The summed E-state index contributed by atoms with van der Waals surface area (Å²) in [5.41, 5.74) is 1.67. The second kappa shape index (κ2) is 9.41. The van der Waals surface area contributed by atoms with Crippen molar-refractivity contribution in [3.63, 3.8) is 0 Å². The topological polar surface area (TPSA) is 118 Å². The normalized spacial score (nSPS) is 10.9. The molecule has 0 aliphatic rings. The van der Waals surface area contributed by atoms with Crippen LogP contribution in [-0.2, 0) is 4.79 Å². The Morgan fingerprint density at radius 2 is 1.97 bits per heavy atom. The minimum atomic E-state index is -0.587. The molecule has 1 heterocycles. The summed E-state index contributed by atoms with van der Waals surface area (Å²) in [6.07, 6.45) is 1.32. The fourth-order valence-electron chi connectivity index (χ4n) is 2.85. The Morgan fingerprint density at radius 1 is 1.23 bits per heavy atom. The SMILES string of the molecule is CCOc1ccc(NC(=O)/C(C#N)=C\c2ccc(-c3cc([N+](=O)[O-])ccc3C)o2)cc1. The fourth-order valence-corrected chi connectivity index (χ4v) is 2.85. The molecule has 1 aromatic heterocycles. The van der Waals surface area contributed by atoms with Crippen molar-refractivity contribution in [3.8, 4) is 23.1 Å². The minimum absolute atomic E-state index is 0.0541. The van der Waals surface area contributed by atoms with Crippen LogP contribution in [0.3, 0.4) is 0 Å². The van der Waals surface area contributed by atoms with Gasteiger partial charge in [-0.15, -0.1) is 0 Å². The van der Waals surface area contributed by atoms with Crippen LogP contribution in [0.25, 0.3) is 17.4 Å². The van der Waals surface area contributed by atoms with E-state index in [1.54, 1.807) is 42.5 Å². The Labute approximate surface area is 178 Å². The van der Waals surface area contributed by atoms with Crippen LogP contribution < -0.4 is 10.1 Å². The maximum absolute atomic E-state index is 12.5. The van der Waals surface area contributed by atoms with Crippen molar-refractivity contribution < 1.29 is 18.9 Å². The maximum atomic E-state index is 12.5. The van der Waals surface area contributed by atoms with Crippen LogP contribution in [0.5, 0.6) is 5.75 Å². The van der Waals surface area contributed by atoms with E-state index < -0.39 is 10.8 Å². The molecule has 0 radical (unpaired) electrons. The van der Waals surface area contributed by atoms with Gasteiger partial charge in [-0.3, -0.25) is 14.9 Å². The molecule has 0 spiro atoms. The van der Waals surface area contributed by atoms with E-state index in [1.165, 1.54) is 18.2 Å². The summed E-state index contributed by atoms with van der Waals surface area (Å²) in [6.45, 7) is 4.22. The molecule has 0 aliphatic heterocycles. The zero-order valence-electron chi connectivity index (χ0n) is 16.9. The molecule has 0 aliphatic carbocycles. The lowest BCUT2D eigenvalue weighted by molar-refractivity contribution is -0.384. The highest BCUT2D eigenvalue weighted by Crippen LogP contribution is 2.30. The van der Waals surface area contributed by atoms with Gasteiger partial charge < -0.3 is 14.5 Å². The number of rotatable bonds is 7. The molecular weight excluding hydrogens is 398 g/mol. The van der Waals surface area contributed by atoms with E-state index >= 15 is 0 Å². The van der Waals surface area contributed by atoms with Gasteiger partial charge in [0.15, 0.2) is 0 Å². The van der Waals surface area contributed by atoms with Crippen LogP contribution in [0.15, 0.2) is 64.6 Å². The Hall–Kier alpha value is -4.38. The Morgan fingerprint density at radius 3 is 2.61 bits per heavy atom. The van der Waals surface area contributed by atoms with Gasteiger partial charge in [-0.1, -0.05) is 6.07 Å². The maximum Gasteiger partial charge on any atom is 0.270 e. The lowest BCUT2D eigenvalue weighted by Crippen LogP contribution is -2.13. The summed E-state index contributed by atoms with van der Waals surface area (Å²) in [6, 6.07) is 16.3. The largest absolute Gasteiger partial charge is 0.494 e. The summed E-state index contributed by atoms with van der Waals surface area (Å²) in [5.74, 6) is 0.767. The number of amides is 1. The number of nitrogens with zero attached hydrogens (tertiary/aromatic N) is 2. The Bertz CT molecular complexity index is 1190. The zero-order valence-corrected chi connectivity index (χ0v) is 16.9. The van der Waals surface area contributed by atoms with E-state index in [9.17, 15) is 20.2 Å². The highest BCUT2D eigenvalue weighted by atomic mass is 16.6. The van der Waals surface area contributed by atoms with Gasteiger partial charge in [0.25, 0.3) is 11.6 Å². The molecule has 3 aromatic rings. The van der Waals surface area contributed by atoms with Crippen LogP contribution in [0.1, 0.15) is 18.2 Å². The smallest absolute Gasteiger partial charge is 0.270 e. The van der Waals surface area contributed by atoms with Gasteiger partial charge in [0.2, 0.25) is 0 Å². The first-order valence-corrected chi connectivity index (χ1v) is 9.42. The number of carbonyl (C=O) groups is 1. The molecule has 1 amide bonds. The molecule has 8 heteroatoms. The molecule has 2 aromatic carbocycles. The standard InChI is InChI=1S/C23H19N3O5/c1-3-30-19-8-5-17(6-9-19)25-23(27)16(14-24)12-20-10-11-22(31-20)21-13-18(26(28)29)7-4-15(21)2/h4-13H,3H2,1-2H3,(H,25,27)/b16-12-. The van der Waals surface area contributed by atoms with E-state index in [1.807, 2.05) is 19.9 Å². The van der Waals surface area contributed by atoms with Crippen LogP contribution in [0, 0.1) is 28.4 Å². The number of aryl methyl sites for hydroxylation is 1. The monoisotopic (exact) mass is 417 g/mol. The number of non-ortho nitro benzene ring substituents is 1. The quantitative estimate of drug-likeness (QED) is 0.247. The second-order valence-electron chi connectivity index (χ2n) is 6.54. The van der Waals surface area contributed by atoms with Crippen LogP contribution in [0.4, 0.5) is 11.4 Å². The van der Waals surface area contributed by atoms with Crippen molar-refractivity contribution in [3.05, 3.63) is 81.6 Å². The van der Waals surface area contributed by atoms with Gasteiger partial charge in [0.05, 0.1) is 11.5 Å². The summed E-state index contributed by atoms with van der Waals surface area (Å²) in [5, 5.41) is 23.1. The number of nitro groups is 1. The highest BCUT2D eigenvalue weighted by molar-refractivity contribution is 6.09. The van der Waals surface area contributed by atoms with Crippen molar-refractivity contribution >= 4 is 23.4 Å². The number of hydrogen-bond acceptors (Lipinski definition) is 6. The average Bonchev–Trinajstić information content (AvgIpc) is 3.22. The molecule has 0 bridgehead atoms. The first-order valence-electron chi connectivity index (χ1n) is 9.42. The average molecular weight is 417 g/mol. The number of ether oxygens (including phenoxy) is 1. The summed E-state index contributed by atoms with van der Waals surface area (Å²) in [4.78, 5) is 23.0. The molecule has 0 unspecified atom stereocenters. The lowest BCUT2D eigenvalue weighted by Gasteiger charge is -2.06. The van der Waals surface area contributed by atoms with Gasteiger partial charge in [-0.2, -0.15) is 5.26 Å². The first kappa shape index (κ1) is 21.3. The number of furan rings is 1. The third-order valence-corrected chi connectivity index (χ3v) is 4.40. The van der Waals surface area contributed by atoms with Gasteiger partial charge in [0, 0.05) is 29.5 Å². The number of carbonyl (C=O) groups excluding carboxylic acids is 1. The first-order chi connectivity index (χ1) is 14.9. The number of hydrogen-bond donors (Lipinski definition) is 1. The molecule has 8 nitrogen and oxygen atoms in total. The minimum Gasteiger partial charge on any atom is -0.494 e. The van der Waals surface area contributed by atoms with Gasteiger partial charge in [-0.25, -0.2) is 0 Å². The van der Waals surface area contributed by atoms with Crippen LogP contribution in [-0.4, -0.2) is 17.4 Å². The number of nitro benzene ring substituents is 1. The third kappa shape index (κ3) is 5.16. The van der Waals surface area contributed by atoms with Crippen LogP contribution >= 0.6 is 0 Å². The predicted molar refractivity (Wildman–Crippen MR) is 115 cm³/mol. The summed E-state index contributed by atoms with van der Waals surface area (Å²) in [7, 11) is 0. The summed E-state index contributed by atoms with van der Waals surface area (Å²) >= 11 is 0.